The summed E-state index contributed by atoms with van der Waals surface area (Å²) in [6.45, 7) is 0.361. The van der Waals surface area contributed by atoms with Crippen LogP contribution in [-0.2, 0) is 0 Å². The molecule has 0 saturated carbocycles. The zero-order valence-electron chi connectivity index (χ0n) is 9.45. The van der Waals surface area contributed by atoms with Crippen molar-refractivity contribution in [3.63, 3.8) is 0 Å². The monoisotopic (exact) mass is 297 g/mol. The fourth-order valence-corrected chi connectivity index (χ4v) is 5.58. The first-order chi connectivity index (χ1) is 8.26. The number of nitrogen functional groups attached to an aromatic ring is 1. The van der Waals surface area contributed by atoms with Crippen molar-refractivity contribution in [1.29, 1.82) is 0 Å². The van der Waals surface area contributed by atoms with E-state index in [4.69, 9.17) is 15.9 Å². The van der Waals surface area contributed by atoms with Crippen LogP contribution in [0.1, 0.15) is 0 Å². The zero-order chi connectivity index (χ0) is 12.3. The van der Waals surface area contributed by atoms with Crippen molar-refractivity contribution in [3.05, 3.63) is 24.5 Å². The molecule has 0 atom stereocenters. The van der Waals surface area contributed by atoms with Crippen molar-refractivity contribution in [2.24, 2.45) is 0 Å². The van der Waals surface area contributed by atoms with Gasteiger partial charge in [0.15, 0.2) is 0 Å². The molecule has 2 heterocycles. The van der Waals surface area contributed by atoms with E-state index in [1.54, 1.807) is 10.7 Å². The number of anilines is 1. The number of hydrogen-bond donors (Lipinski definition) is 3. The van der Waals surface area contributed by atoms with Gasteiger partial charge >= 0.3 is 104 Å². The van der Waals surface area contributed by atoms with Crippen LogP contribution in [-0.4, -0.2) is 47.7 Å². The van der Waals surface area contributed by atoms with E-state index < -0.39 is 14.7 Å². The van der Waals surface area contributed by atoms with Gasteiger partial charge in [0.25, 0.3) is 0 Å². The van der Waals surface area contributed by atoms with Crippen LogP contribution in [0.25, 0.3) is 5.52 Å². The molecular formula is C11H16AsN3O2. The van der Waals surface area contributed by atoms with E-state index in [0.29, 0.717) is 5.69 Å². The molecule has 2 rings (SSSR count). The summed E-state index contributed by atoms with van der Waals surface area (Å²) in [7, 11) is 0. The van der Waals surface area contributed by atoms with Gasteiger partial charge in [0.1, 0.15) is 0 Å². The summed E-state index contributed by atoms with van der Waals surface area (Å²) in [5.41, 5.74) is 7.39. The normalized spacial score (nSPS) is 11.5. The molecule has 0 aliphatic heterocycles. The summed E-state index contributed by atoms with van der Waals surface area (Å²) in [6, 6.07) is 4.05. The molecule has 92 valence electrons. The zero-order valence-corrected chi connectivity index (χ0v) is 11.3. The molecule has 0 spiro atoms. The van der Waals surface area contributed by atoms with E-state index in [0.717, 1.165) is 15.9 Å². The average molecular weight is 297 g/mol. The molecule has 0 aliphatic carbocycles. The molecule has 0 aliphatic rings. The first-order valence-electron chi connectivity index (χ1n) is 5.46. The Morgan fingerprint density at radius 3 is 2.65 bits per heavy atom. The van der Waals surface area contributed by atoms with E-state index in [-0.39, 0.29) is 13.2 Å². The van der Waals surface area contributed by atoms with Crippen LogP contribution in [0.2, 0.25) is 10.4 Å². The van der Waals surface area contributed by atoms with Gasteiger partial charge in [-0.25, -0.2) is 0 Å². The number of hydrogen-bond acceptors (Lipinski definition) is 4. The number of aliphatic hydroxyl groups excluding tert-OH is 2. The van der Waals surface area contributed by atoms with Gasteiger partial charge in [-0.15, -0.1) is 0 Å². The van der Waals surface area contributed by atoms with E-state index in [1.807, 2.05) is 18.3 Å². The number of pyridine rings is 1. The average Bonchev–Trinajstić information content (AvgIpc) is 2.71. The Morgan fingerprint density at radius 1 is 1.29 bits per heavy atom. The third-order valence-electron chi connectivity index (χ3n) is 2.64. The Kier molecular flexibility index (Phi) is 4.05. The standard InChI is InChI=1S/C11H16AsN3O2/c13-10-8-14-15-4-1-9(7-11(10)15)12(2-5-16)3-6-17/h1,4,7-8,16-17H,2-3,5-6,13H2. The topological polar surface area (TPSA) is 83.8 Å². The molecule has 6 heteroatoms. The summed E-state index contributed by atoms with van der Waals surface area (Å²) in [5, 5.41) is 23.8. The first-order valence-corrected chi connectivity index (χ1v) is 9.05. The van der Waals surface area contributed by atoms with E-state index in [2.05, 4.69) is 5.10 Å². The molecule has 4 N–H and O–H groups in total. The summed E-state index contributed by atoms with van der Waals surface area (Å²) >= 11 is -1.36. The predicted octanol–water partition coefficient (Wildman–Crippen LogP) is -0.397. The number of nitrogens with two attached hydrogens (primary N) is 1. The van der Waals surface area contributed by atoms with Gasteiger partial charge < -0.3 is 0 Å². The summed E-state index contributed by atoms with van der Waals surface area (Å²) < 4.78 is 2.96. The van der Waals surface area contributed by atoms with Crippen molar-refractivity contribution < 1.29 is 10.2 Å². The van der Waals surface area contributed by atoms with Gasteiger partial charge in [0, 0.05) is 0 Å². The van der Waals surface area contributed by atoms with Crippen molar-refractivity contribution in [1.82, 2.24) is 9.61 Å². The van der Waals surface area contributed by atoms with E-state index in [9.17, 15) is 0 Å². The Labute approximate surface area is 104 Å². The molecule has 0 fully saturated rings. The number of aromatic nitrogens is 2. The number of fused-ring (bicyclic) bond motifs is 1. The Balaban J connectivity index is 2.35. The third kappa shape index (κ3) is 2.62. The van der Waals surface area contributed by atoms with Gasteiger partial charge in [-0.1, -0.05) is 0 Å². The minimum absolute atomic E-state index is 0.180. The van der Waals surface area contributed by atoms with Gasteiger partial charge in [0.05, 0.1) is 0 Å². The molecule has 0 bridgehead atoms. The molecule has 17 heavy (non-hydrogen) atoms. The molecule has 0 saturated heterocycles. The maximum absolute atomic E-state index is 9.07. The van der Waals surface area contributed by atoms with Crippen LogP contribution in [0.3, 0.4) is 0 Å². The van der Waals surface area contributed by atoms with Crippen LogP contribution in [0.15, 0.2) is 24.5 Å². The Bertz CT molecular complexity index is 494. The second-order valence-corrected chi connectivity index (χ2v) is 8.97. The second-order valence-electron chi connectivity index (χ2n) is 3.75. The summed E-state index contributed by atoms with van der Waals surface area (Å²) in [4.78, 5) is 0. The van der Waals surface area contributed by atoms with Crippen molar-refractivity contribution in [3.8, 4) is 0 Å². The van der Waals surface area contributed by atoms with Gasteiger partial charge in [-0.3, -0.25) is 0 Å². The molecule has 2 aromatic heterocycles. The Hall–Kier alpha value is -1.03. The van der Waals surface area contributed by atoms with Crippen LogP contribution in [0.5, 0.6) is 0 Å². The quantitative estimate of drug-likeness (QED) is 0.656. The SMILES string of the molecule is Nc1cnn2ccc([As](CCO)CCO)cc12. The summed E-state index contributed by atoms with van der Waals surface area (Å²) in [6.07, 6.45) is 3.52. The van der Waals surface area contributed by atoms with Gasteiger partial charge in [-0.05, 0) is 0 Å². The first kappa shape index (κ1) is 12.4. The molecule has 2 aromatic rings. The number of aliphatic hydroxyl groups is 2. The van der Waals surface area contributed by atoms with Crippen molar-refractivity contribution >= 4 is 30.2 Å². The Morgan fingerprint density at radius 2 is 2.00 bits per heavy atom. The minimum atomic E-state index is -1.36. The second kappa shape index (κ2) is 5.54. The molecule has 0 aromatic carbocycles. The summed E-state index contributed by atoms with van der Waals surface area (Å²) in [5.74, 6) is 0. The fourth-order valence-electron chi connectivity index (χ4n) is 1.80. The van der Waals surface area contributed by atoms with Crippen LogP contribution in [0.4, 0.5) is 5.69 Å². The molecule has 5 nitrogen and oxygen atoms in total. The maximum atomic E-state index is 9.07. The molecule has 0 unspecified atom stereocenters. The molecule has 0 amide bonds. The van der Waals surface area contributed by atoms with Gasteiger partial charge in [0.2, 0.25) is 0 Å². The van der Waals surface area contributed by atoms with Crippen LogP contribution >= 0.6 is 0 Å². The molecule has 0 radical (unpaired) electrons. The van der Waals surface area contributed by atoms with Gasteiger partial charge in [-0.2, -0.15) is 0 Å². The van der Waals surface area contributed by atoms with Crippen LogP contribution < -0.4 is 10.1 Å². The fraction of sp³-hybridized carbons (Fsp3) is 0.364. The number of nitrogens with zero attached hydrogens (tertiary/aromatic N) is 2. The van der Waals surface area contributed by atoms with E-state index in [1.165, 1.54) is 4.35 Å². The van der Waals surface area contributed by atoms with Crippen molar-refractivity contribution in [2.75, 3.05) is 18.9 Å². The number of rotatable bonds is 5. The van der Waals surface area contributed by atoms with Crippen LogP contribution in [0, 0.1) is 0 Å². The molecular weight excluding hydrogens is 281 g/mol. The predicted molar refractivity (Wildman–Crippen MR) is 68.8 cm³/mol. The van der Waals surface area contributed by atoms with Crippen molar-refractivity contribution in [2.45, 2.75) is 10.4 Å². The van der Waals surface area contributed by atoms with E-state index >= 15 is 0 Å². The third-order valence-corrected chi connectivity index (χ3v) is 7.86.